The van der Waals surface area contributed by atoms with E-state index in [1.54, 1.807) is 30.3 Å². The monoisotopic (exact) mass is 361 g/mol. The van der Waals surface area contributed by atoms with Crippen molar-refractivity contribution in [3.8, 4) is 11.8 Å². The van der Waals surface area contributed by atoms with Crippen LogP contribution >= 0.6 is 0 Å². The fourth-order valence-corrected chi connectivity index (χ4v) is 1.96. The molecular weight excluding hydrogens is 347 g/mol. The first-order valence-electron chi connectivity index (χ1n) is 7.33. The number of ether oxygens (including phenoxy) is 1. The molecule has 5 nitrogen and oxygen atoms in total. The molecule has 0 atom stereocenters. The minimum atomic E-state index is -4.52. The molecule has 2 aromatic rings. The summed E-state index contributed by atoms with van der Waals surface area (Å²) in [6, 6.07) is 12.6. The third-order valence-electron chi connectivity index (χ3n) is 3.29. The highest BCUT2D eigenvalue weighted by Crippen LogP contribution is 2.30. The largest absolute Gasteiger partial charge is 0.497 e. The summed E-state index contributed by atoms with van der Waals surface area (Å²) in [4.78, 5) is 12.1. The number of nitrogens with zero attached hydrogens (tertiary/aromatic N) is 1. The summed E-state index contributed by atoms with van der Waals surface area (Å²) in [5, 5.41) is 14.1. The Morgan fingerprint density at radius 1 is 1.15 bits per heavy atom. The summed E-state index contributed by atoms with van der Waals surface area (Å²) in [6.45, 7) is 0. The van der Waals surface area contributed by atoms with Gasteiger partial charge in [0.1, 0.15) is 17.4 Å². The Kier molecular flexibility index (Phi) is 5.86. The van der Waals surface area contributed by atoms with Crippen LogP contribution in [0.15, 0.2) is 60.3 Å². The Balaban J connectivity index is 2.09. The number of methoxy groups -OCH3 is 1. The zero-order valence-electron chi connectivity index (χ0n) is 13.6. The van der Waals surface area contributed by atoms with Crippen LogP contribution in [0.3, 0.4) is 0 Å². The summed E-state index contributed by atoms with van der Waals surface area (Å²) in [5.41, 5.74) is -0.645. The fourth-order valence-electron chi connectivity index (χ4n) is 1.96. The van der Waals surface area contributed by atoms with Gasteiger partial charge in [-0.3, -0.25) is 4.79 Å². The normalized spacial score (nSPS) is 11.4. The van der Waals surface area contributed by atoms with E-state index in [0.29, 0.717) is 11.4 Å². The van der Waals surface area contributed by atoms with E-state index in [1.807, 2.05) is 0 Å². The zero-order valence-corrected chi connectivity index (χ0v) is 13.6. The van der Waals surface area contributed by atoms with Crippen LogP contribution in [0.2, 0.25) is 0 Å². The number of nitrogens with one attached hydrogen (secondary N) is 2. The van der Waals surface area contributed by atoms with Crippen LogP contribution in [0, 0.1) is 11.3 Å². The van der Waals surface area contributed by atoms with Gasteiger partial charge in [0.15, 0.2) is 0 Å². The van der Waals surface area contributed by atoms with Crippen LogP contribution in [0.1, 0.15) is 5.56 Å². The molecule has 2 rings (SSSR count). The van der Waals surface area contributed by atoms with Crippen molar-refractivity contribution in [2.75, 3.05) is 17.7 Å². The number of amides is 1. The highest BCUT2D eigenvalue weighted by atomic mass is 19.4. The average molecular weight is 361 g/mol. The highest BCUT2D eigenvalue weighted by Gasteiger charge is 2.30. The SMILES string of the molecule is COc1ccc(N/C=C(/C#N)C(=O)Nc2cccc(C(F)(F)F)c2)cc1. The lowest BCUT2D eigenvalue weighted by Gasteiger charge is -2.09. The summed E-state index contributed by atoms with van der Waals surface area (Å²) in [7, 11) is 1.52. The molecule has 2 aromatic carbocycles. The van der Waals surface area contributed by atoms with Crippen molar-refractivity contribution in [3.05, 3.63) is 65.9 Å². The van der Waals surface area contributed by atoms with Crippen molar-refractivity contribution < 1.29 is 22.7 Å². The van der Waals surface area contributed by atoms with Gasteiger partial charge >= 0.3 is 6.18 Å². The first-order valence-corrected chi connectivity index (χ1v) is 7.33. The minimum absolute atomic E-state index is 0.0598. The molecule has 1 amide bonds. The van der Waals surface area contributed by atoms with Crippen molar-refractivity contribution >= 4 is 17.3 Å². The van der Waals surface area contributed by atoms with Gasteiger partial charge in [-0.25, -0.2) is 0 Å². The van der Waals surface area contributed by atoms with Crippen LogP contribution in [0.25, 0.3) is 0 Å². The van der Waals surface area contributed by atoms with Crippen LogP contribution in [0.4, 0.5) is 24.5 Å². The molecule has 0 saturated carbocycles. The Hall–Kier alpha value is -3.47. The molecule has 0 saturated heterocycles. The van der Waals surface area contributed by atoms with Crippen LogP contribution in [-0.4, -0.2) is 13.0 Å². The van der Waals surface area contributed by atoms with Crippen LogP contribution in [0.5, 0.6) is 5.75 Å². The van der Waals surface area contributed by atoms with Gasteiger partial charge in [0.05, 0.1) is 12.7 Å². The van der Waals surface area contributed by atoms with Gasteiger partial charge in [-0.15, -0.1) is 0 Å². The molecule has 134 valence electrons. The lowest BCUT2D eigenvalue weighted by atomic mass is 10.2. The molecule has 0 aliphatic heterocycles. The van der Waals surface area contributed by atoms with E-state index in [9.17, 15) is 18.0 Å². The van der Waals surface area contributed by atoms with Crippen LogP contribution in [-0.2, 0) is 11.0 Å². The molecule has 2 N–H and O–H groups in total. The van der Waals surface area contributed by atoms with Crippen molar-refractivity contribution in [2.24, 2.45) is 0 Å². The maximum Gasteiger partial charge on any atom is 0.416 e. The number of benzene rings is 2. The number of carbonyl (C=O) groups is 1. The second-order valence-electron chi connectivity index (χ2n) is 5.08. The van der Waals surface area contributed by atoms with Crippen molar-refractivity contribution in [3.63, 3.8) is 0 Å². The first kappa shape index (κ1) is 18.9. The van der Waals surface area contributed by atoms with Gasteiger partial charge in [-0.2, -0.15) is 18.4 Å². The van der Waals surface area contributed by atoms with Gasteiger partial charge in [0.25, 0.3) is 5.91 Å². The third-order valence-corrected chi connectivity index (χ3v) is 3.29. The fraction of sp³-hybridized carbons (Fsp3) is 0.111. The highest BCUT2D eigenvalue weighted by molar-refractivity contribution is 6.06. The predicted molar refractivity (Wildman–Crippen MR) is 90.4 cm³/mol. The molecule has 0 fully saturated rings. The van der Waals surface area contributed by atoms with E-state index in [0.717, 1.165) is 12.1 Å². The van der Waals surface area contributed by atoms with Gasteiger partial charge in [-0.05, 0) is 42.5 Å². The number of carbonyl (C=O) groups excluding carboxylic acids is 1. The lowest BCUT2D eigenvalue weighted by Crippen LogP contribution is -2.15. The molecule has 0 aliphatic carbocycles. The predicted octanol–water partition coefficient (Wildman–Crippen LogP) is 4.17. The summed E-state index contributed by atoms with van der Waals surface area (Å²) in [5.74, 6) is -0.185. The first-order chi connectivity index (χ1) is 12.3. The van der Waals surface area contributed by atoms with Gasteiger partial charge in [0.2, 0.25) is 0 Å². The maximum absolute atomic E-state index is 12.7. The smallest absolute Gasteiger partial charge is 0.416 e. The molecule has 8 heteroatoms. The molecule has 0 heterocycles. The standard InChI is InChI=1S/C18H14F3N3O2/c1-26-16-7-5-14(6-8-16)23-11-12(10-22)17(25)24-15-4-2-3-13(9-15)18(19,20)21/h2-9,11,23H,1H3,(H,24,25)/b12-11-. The molecule has 0 radical (unpaired) electrons. The van der Waals surface area contributed by atoms with E-state index in [4.69, 9.17) is 10.00 Å². The van der Waals surface area contributed by atoms with Gasteiger partial charge < -0.3 is 15.4 Å². The molecule has 0 bridgehead atoms. The van der Waals surface area contributed by atoms with E-state index in [1.165, 1.54) is 25.4 Å². The van der Waals surface area contributed by atoms with Crippen molar-refractivity contribution in [2.45, 2.75) is 6.18 Å². The number of hydrogen-bond donors (Lipinski definition) is 2. The topological polar surface area (TPSA) is 74.1 Å². The number of hydrogen-bond acceptors (Lipinski definition) is 4. The van der Waals surface area contributed by atoms with E-state index >= 15 is 0 Å². The second kappa shape index (κ2) is 8.07. The lowest BCUT2D eigenvalue weighted by molar-refractivity contribution is -0.137. The minimum Gasteiger partial charge on any atom is -0.497 e. The maximum atomic E-state index is 12.7. The summed E-state index contributed by atoms with van der Waals surface area (Å²) in [6.07, 6.45) is -3.35. The number of anilines is 2. The Bertz CT molecular complexity index is 853. The molecule has 0 unspecified atom stereocenters. The van der Waals surface area contributed by atoms with Crippen molar-refractivity contribution in [1.82, 2.24) is 0 Å². The third kappa shape index (κ3) is 5.01. The van der Waals surface area contributed by atoms with Gasteiger partial charge in [-0.1, -0.05) is 6.07 Å². The number of rotatable bonds is 5. The quantitative estimate of drug-likeness (QED) is 0.619. The zero-order chi connectivity index (χ0) is 19.2. The molecular formula is C18H14F3N3O2. The van der Waals surface area contributed by atoms with Gasteiger partial charge in [0, 0.05) is 17.6 Å². The number of alkyl halides is 3. The number of nitriles is 1. The van der Waals surface area contributed by atoms with E-state index in [-0.39, 0.29) is 11.3 Å². The Labute approximate surface area is 147 Å². The molecule has 0 aromatic heterocycles. The molecule has 26 heavy (non-hydrogen) atoms. The van der Waals surface area contributed by atoms with E-state index in [2.05, 4.69) is 10.6 Å². The summed E-state index contributed by atoms with van der Waals surface area (Å²) >= 11 is 0. The number of halogens is 3. The molecule has 0 spiro atoms. The average Bonchev–Trinajstić information content (AvgIpc) is 2.62. The second-order valence-corrected chi connectivity index (χ2v) is 5.08. The van der Waals surface area contributed by atoms with E-state index < -0.39 is 17.6 Å². The van der Waals surface area contributed by atoms with Crippen LogP contribution < -0.4 is 15.4 Å². The summed E-state index contributed by atoms with van der Waals surface area (Å²) < 4.78 is 43.1. The molecule has 0 aliphatic rings. The Morgan fingerprint density at radius 2 is 1.85 bits per heavy atom. The van der Waals surface area contributed by atoms with Crippen molar-refractivity contribution in [1.29, 1.82) is 5.26 Å². The Morgan fingerprint density at radius 3 is 2.42 bits per heavy atom.